The second-order valence-corrected chi connectivity index (χ2v) is 8.55. The molecule has 1 N–H and O–H groups in total. The van der Waals surface area contributed by atoms with E-state index >= 15 is 0 Å². The van der Waals surface area contributed by atoms with Gasteiger partial charge in [-0.05, 0) is 47.5 Å². The number of hydrogen-bond acceptors (Lipinski definition) is 7. The van der Waals surface area contributed by atoms with Crippen molar-refractivity contribution in [3.05, 3.63) is 83.4 Å². The molecule has 3 aromatic carbocycles. The number of nitrogens with zero attached hydrogens (tertiary/aromatic N) is 1. The molecular formula is C28H25NO7. The number of anilines is 1. The smallest absolute Gasteiger partial charge is 0.264 e. The molecule has 0 aliphatic carbocycles. The van der Waals surface area contributed by atoms with Crippen LogP contribution in [0.2, 0.25) is 0 Å². The number of benzene rings is 3. The fraction of sp³-hybridized carbons (Fsp3) is 0.214. The molecule has 1 atom stereocenters. The first-order valence-electron chi connectivity index (χ1n) is 11.4. The second kappa shape index (κ2) is 9.39. The lowest BCUT2D eigenvalue weighted by Gasteiger charge is -2.22. The predicted molar refractivity (Wildman–Crippen MR) is 132 cm³/mol. The Labute approximate surface area is 208 Å². The van der Waals surface area contributed by atoms with E-state index in [1.807, 2.05) is 6.07 Å². The minimum atomic E-state index is -1.97. The SMILES string of the molecule is COc1ccc(CN2C(=O)[C@](O)(CC(=O)/C=C/c3ccc4c(c3)OCO4)c3ccccc32)cc1OC. The molecular weight excluding hydrogens is 462 g/mol. The summed E-state index contributed by atoms with van der Waals surface area (Å²) in [5.41, 5.74) is 0.526. The van der Waals surface area contributed by atoms with Crippen LogP contribution in [0.1, 0.15) is 23.1 Å². The second-order valence-electron chi connectivity index (χ2n) is 8.55. The molecule has 0 fully saturated rings. The van der Waals surface area contributed by atoms with Gasteiger partial charge < -0.3 is 29.0 Å². The predicted octanol–water partition coefficient (Wildman–Crippen LogP) is 3.84. The van der Waals surface area contributed by atoms with E-state index in [1.54, 1.807) is 74.9 Å². The Bertz CT molecular complexity index is 1370. The van der Waals surface area contributed by atoms with E-state index < -0.39 is 11.5 Å². The highest BCUT2D eigenvalue weighted by Gasteiger charge is 2.50. The normalized spacial score (nSPS) is 18.0. The summed E-state index contributed by atoms with van der Waals surface area (Å²) in [5, 5.41) is 11.5. The van der Waals surface area contributed by atoms with Crippen molar-refractivity contribution in [2.24, 2.45) is 0 Å². The topological polar surface area (TPSA) is 94.5 Å². The van der Waals surface area contributed by atoms with Crippen LogP contribution in [0.5, 0.6) is 23.0 Å². The third-order valence-electron chi connectivity index (χ3n) is 6.32. The number of fused-ring (bicyclic) bond motifs is 2. The van der Waals surface area contributed by atoms with Gasteiger partial charge >= 0.3 is 0 Å². The molecule has 1 amide bonds. The van der Waals surface area contributed by atoms with Gasteiger partial charge in [0.05, 0.1) is 32.9 Å². The molecule has 8 heteroatoms. The summed E-state index contributed by atoms with van der Waals surface area (Å²) in [5.74, 6) is 1.43. The minimum Gasteiger partial charge on any atom is -0.493 e. The van der Waals surface area contributed by atoms with Gasteiger partial charge in [0.2, 0.25) is 6.79 Å². The van der Waals surface area contributed by atoms with Gasteiger partial charge in [-0.1, -0.05) is 36.4 Å². The van der Waals surface area contributed by atoms with Crippen molar-refractivity contribution in [3.8, 4) is 23.0 Å². The first-order valence-corrected chi connectivity index (χ1v) is 11.4. The van der Waals surface area contributed by atoms with E-state index in [2.05, 4.69) is 0 Å². The number of ether oxygens (including phenoxy) is 4. The fourth-order valence-corrected chi connectivity index (χ4v) is 4.51. The van der Waals surface area contributed by atoms with Gasteiger partial charge in [-0.2, -0.15) is 0 Å². The van der Waals surface area contributed by atoms with Crippen LogP contribution in [0.4, 0.5) is 5.69 Å². The molecule has 184 valence electrons. The Hall–Kier alpha value is -4.30. The Morgan fingerprint density at radius 2 is 1.81 bits per heavy atom. The van der Waals surface area contributed by atoms with Crippen LogP contribution in [-0.2, 0) is 21.7 Å². The molecule has 2 heterocycles. The van der Waals surface area contributed by atoms with Crippen LogP contribution >= 0.6 is 0 Å². The van der Waals surface area contributed by atoms with Crippen molar-refractivity contribution in [1.29, 1.82) is 0 Å². The molecule has 0 unspecified atom stereocenters. The first-order chi connectivity index (χ1) is 17.4. The number of hydrogen-bond donors (Lipinski definition) is 1. The molecule has 0 aromatic heterocycles. The van der Waals surface area contributed by atoms with Crippen molar-refractivity contribution in [2.45, 2.75) is 18.6 Å². The fourth-order valence-electron chi connectivity index (χ4n) is 4.51. The average molecular weight is 488 g/mol. The number of amides is 1. The van der Waals surface area contributed by atoms with Crippen molar-refractivity contribution in [3.63, 3.8) is 0 Å². The monoisotopic (exact) mass is 487 g/mol. The molecule has 2 aliphatic heterocycles. The third-order valence-corrected chi connectivity index (χ3v) is 6.32. The van der Waals surface area contributed by atoms with Crippen LogP contribution in [-0.4, -0.2) is 37.8 Å². The van der Waals surface area contributed by atoms with Gasteiger partial charge in [-0.3, -0.25) is 9.59 Å². The summed E-state index contributed by atoms with van der Waals surface area (Å²) in [7, 11) is 3.09. The Balaban J connectivity index is 1.37. The van der Waals surface area contributed by atoms with Gasteiger partial charge in [-0.25, -0.2) is 0 Å². The summed E-state index contributed by atoms with van der Waals surface area (Å²) in [6.07, 6.45) is 2.61. The lowest BCUT2D eigenvalue weighted by atomic mass is 9.89. The summed E-state index contributed by atoms with van der Waals surface area (Å²) in [6, 6.07) is 17.7. The van der Waals surface area contributed by atoms with Gasteiger partial charge in [0.15, 0.2) is 34.4 Å². The van der Waals surface area contributed by atoms with Gasteiger partial charge in [0.25, 0.3) is 5.91 Å². The molecule has 0 saturated carbocycles. The van der Waals surface area contributed by atoms with Crippen molar-refractivity contribution in [1.82, 2.24) is 0 Å². The summed E-state index contributed by atoms with van der Waals surface area (Å²) in [4.78, 5) is 27.9. The van der Waals surface area contributed by atoms with Crippen molar-refractivity contribution < 1.29 is 33.6 Å². The lowest BCUT2D eigenvalue weighted by Crippen LogP contribution is -2.41. The highest BCUT2D eigenvalue weighted by molar-refractivity contribution is 6.10. The van der Waals surface area contributed by atoms with E-state index in [0.717, 1.165) is 11.1 Å². The molecule has 36 heavy (non-hydrogen) atoms. The number of aliphatic hydroxyl groups is 1. The number of methoxy groups -OCH3 is 2. The van der Waals surface area contributed by atoms with Gasteiger partial charge in [0, 0.05) is 5.56 Å². The van der Waals surface area contributed by atoms with E-state index in [0.29, 0.717) is 34.2 Å². The average Bonchev–Trinajstić information content (AvgIpc) is 3.44. The third kappa shape index (κ3) is 4.16. The molecule has 8 nitrogen and oxygen atoms in total. The Morgan fingerprint density at radius 3 is 2.61 bits per heavy atom. The van der Waals surface area contributed by atoms with Gasteiger partial charge in [0.1, 0.15) is 0 Å². The van der Waals surface area contributed by atoms with Crippen LogP contribution in [0, 0.1) is 0 Å². The maximum Gasteiger partial charge on any atom is 0.264 e. The van der Waals surface area contributed by atoms with E-state index in [4.69, 9.17) is 18.9 Å². The Morgan fingerprint density at radius 1 is 1.03 bits per heavy atom. The van der Waals surface area contributed by atoms with E-state index in [9.17, 15) is 14.7 Å². The number of rotatable bonds is 8. The quantitative estimate of drug-likeness (QED) is 0.483. The molecule has 0 saturated heterocycles. The number of para-hydroxylation sites is 1. The lowest BCUT2D eigenvalue weighted by molar-refractivity contribution is -0.140. The molecule has 0 radical (unpaired) electrons. The number of allylic oxidation sites excluding steroid dienone is 1. The zero-order chi connectivity index (χ0) is 25.3. The Kier molecular flexibility index (Phi) is 6.12. The van der Waals surface area contributed by atoms with Gasteiger partial charge in [-0.15, -0.1) is 0 Å². The minimum absolute atomic E-state index is 0.162. The van der Waals surface area contributed by atoms with Crippen LogP contribution < -0.4 is 23.8 Å². The van der Waals surface area contributed by atoms with Crippen molar-refractivity contribution in [2.75, 3.05) is 25.9 Å². The summed E-state index contributed by atoms with van der Waals surface area (Å²) >= 11 is 0. The molecule has 5 rings (SSSR count). The molecule has 2 aliphatic rings. The number of carbonyl (C=O) groups excluding carboxylic acids is 2. The maximum atomic E-state index is 13.5. The largest absolute Gasteiger partial charge is 0.493 e. The summed E-state index contributed by atoms with van der Waals surface area (Å²) < 4.78 is 21.3. The highest BCUT2D eigenvalue weighted by Crippen LogP contribution is 2.43. The number of carbonyl (C=O) groups is 2. The standard InChI is InChI=1S/C28H25NO7/c1-33-23-11-9-19(14-25(23)34-2)16-29-22-6-4-3-5-21(22)28(32,27(29)31)15-20(30)10-7-18-8-12-24-26(13-18)36-17-35-24/h3-14,32H,15-17H2,1-2H3/b10-7+/t28-/m0/s1. The van der Waals surface area contributed by atoms with E-state index in [-0.39, 0.29) is 25.5 Å². The summed E-state index contributed by atoms with van der Waals surface area (Å²) in [6.45, 7) is 0.357. The molecule has 3 aromatic rings. The van der Waals surface area contributed by atoms with Crippen LogP contribution in [0.25, 0.3) is 6.08 Å². The van der Waals surface area contributed by atoms with Crippen LogP contribution in [0.3, 0.4) is 0 Å². The number of ketones is 1. The zero-order valence-electron chi connectivity index (χ0n) is 19.9. The zero-order valence-corrected chi connectivity index (χ0v) is 19.9. The molecule has 0 spiro atoms. The van der Waals surface area contributed by atoms with E-state index in [1.165, 1.54) is 11.0 Å². The molecule has 0 bridgehead atoms. The van der Waals surface area contributed by atoms with Crippen LogP contribution in [0.15, 0.2) is 66.7 Å². The van der Waals surface area contributed by atoms with Crippen molar-refractivity contribution >= 4 is 23.5 Å². The highest BCUT2D eigenvalue weighted by atomic mass is 16.7. The first kappa shape index (κ1) is 23.4. The maximum absolute atomic E-state index is 13.5.